The summed E-state index contributed by atoms with van der Waals surface area (Å²) in [5.74, 6) is 0.326. The van der Waals surface area contributed by atoms with E-state index in [2.05, 4.69) is 22.6 Å². The van der Waals surface area contributed by atoms with Crippen LogP contribution in [0.4, 0.5) is 0 Å². The van der Waals surface area contributed by atoms with E-state index in [9.17, 15) is 9.90 Å². The quantitative estimate of drug-likeness (QED) is 0.754. The van der Waals surface area contributed by atoms with Crippen molar-refractivity contribution in [2.75, 3.05) is 26.8 Å². The van der Waals surface area contributed by atoms with Crippen LogP contribution in [-0.2, 0) is 4.74 Å². The minimum atomic E-state index is -0.358. The fourth-order valence-electron chi connectivity index (χ4n) is 2.35. The lowest BCUT2D eigenvalue weighted by atomic mass is 10.1. The van der Waals surface area contributed by atoms with Crippen molar-refractivity contribution in [2.24, 2.45) is 0 Å². The van der Waals surface area contributed by atoms with Crippen LogP contribution >= 0.6 is 34.2 Å². The van der Waals surface area contributed by atoms with Crippen molar-refractivity contribution >= 4 is 40.1 Å². The molecule has 5 nitrogen and oxygen atoms in total. The summed E-state index contributed by atoms with van der Waals surface area (Å²) in [5, 5.41) is 9.76. The summed E-state index contributed by atoms with van der Waals surface area (Å²) >= 11 is 8.20. The first-order valence-corrected chi connectivity index (χ1v) is 8.00. The molecule has 0 spiro atoms. The van der Waals surface area contributed by atoms with Crippen LogP contribution in [-0.4, -0.2) is 54.9 Å². The predicted molar refractivity (Wildman–Crippen MR) is 88.0 cm³/mol. The van der Waals surface area contributed by atoms with Crippen molar-refractivity contribution in [1.29, 1.82) is 0 Å². The molecule has 0 aromatic heterocycles. The van der Waals surface area contributed by atoms with Crippen LogP contribution in [0.5, 0.6) is 5.75 Å². The lowest BCUT2D eigenvalue weighted by Gasteiger charge is -2.36. The molecule has 0 radical (unpaired) electrons. The standard InChI is InChI=1S/C14H17ClINO4/c1-8-5-17(6-9(7-18)21-8)14(19)10-3-11(15)12(16)4-13(10)20-2/h3-4,8-9,18H,5-7H2,1-2H3. The van der Waals surface area contributed by atoms with E-state index < -0.39 is 0 Å². The normalized spacial score (nSPS) is 22.2. The summed E-state index contributed by atoms with van der Waals surface area (Å²) in [4.78, 5) is 14.4. The molecule has 1 aliphatic rings. The number of hydrogen-bond acceptors (Lipinski definition) is 4. The highest BCUT2D eigenvalue weighted by molar-refractivity contribution is 14.1. The van der Waals surface area contributed by atoms with Crippen LogP contribution < -0.4 is 4.74 Å². The van der Waals surface area contributed by atoms with E-state index in [4.69, 9.17) is 21.1 Å². The van der Waals surface area contributed by atoms with Gasteiger partial charge in [-0.25, -0.2) is 0 Å². The van der Waals surface area contributed by atoms with Crippen LogP contribution in [0.3, 0.4) is 0 Å². The van der Waals surface area contributed by atoms with Crippen molar-refractivity contribution in [3.63, 3.8) is 0 Å². The maximum absolute atomic E-state index is 12.7. The summed E-state index contributed by atoms with van der Waals surface area (Å²) in [5.41, 5.74) is 0.425. The molecule has 1 amide bonds. The Morgan fingerprint density at radius 1 is 1.57 bits per heavy atom. The molecule has 2 rings (SSSR count). The van der Waals surface area contributed by atoms with Gasteiger partial charge in [0.1, 0.15) is 5.75 Å². The highest BCUT2D eigenvalue weighted by Crippen LogP contribution is 2.29. The van der Waals surface area contributed by atoms with Gasteiger partial charge in [0.25, 0.3) is 5.91 Å². The molecule has 0 aliphatic carbocycles. The lowest BCUT2D eigenvalue weighted by Crippen LogP contribution is -2.50. The average Bonchev–Trinajstić information content (AvgIpc) is 2.48. The number of amides is 1. The van der Waals surface area contributed by atoms with E-state index in [0.717, 1.165) is 3.57 Å². The number of halogens is 2. The third-order valence-electron chi connectivity index (χ3n) is 3.29. The Morgan fingerprint density at radius 3 is 2.90 bits per heavy atom. The topological polar surface area (TPSA) is 59.0 Å². The highest BCUT2D eigenvalue weighted by Gasteiger charge is 2.30. The number of ether oxygens (including phenoxy) is 2. The summed E-state index contributed by atoms with van der Waals surface area (Å²) in [6.45, 7) is 2.59. The third-order valence-corrected chi connectivity index (χ3v) is 4.81. The Labute approximate surface area is 142 Å². The van der Waals surface area contributed by atoms with Gasteiger partial charge in [-0.1, -0.05) is 11.6 Å². The van der Waals surface area contributed by atoms with Gasteiger partial charge in [0, 0.05) is 16.7 Å². The number of rotatable bonds is 3. The zero-order chi connectivity index (χ0) is 15.6. The first kappa shape index (κ1) is 16.8. The molecule has 0 saturated carbocycles. The zero-order valence-corrected chi connectivity index (χ0v) is 14.7. The van der Waals surface area contributed by atoms with E-state index >= 15 is 0 Å². The van der Waals surface area contributed by atoms with Gasteiger partial charge in [0.15, 0.2) is 0 Å². The number of aliphatic hydroxyl groups excluding tert-OH is 1. The Kier molecular flexibility index (Phi) is 5.70. The molecule has 1 fully saturated rings. The number of morpholine rings is 1. The van der Waals surface area contributed by atoms with E-state index in [0.29, 0.717) is 29.4 Å². The first-order valence-electron chi connectivity index (χ1n) is 6.54. The van der Waals surface area contributed by atoms with Gasteiger partial charge in [-0.3, -0.25) is 4.79 Å². The van der Waals surface area contributed by atoms with Gasteiger partial charge in [-0.15, -0.1) is 0 Å². The summed E-state index contributed by atoms with van der Waals surface area (Å²) in [6, 6.07) is 3.36. The zero-order valence-electron chi connectivity index (χ0n) is 11.8. The number of aliphatic hydroxyl groups is 1. The molecule has 2 atom stereocenters. The van der Waals surface area contributed by atoms with Crippen LogP contribution in [0, 0.1) is 3.57 Å². The summed E-state index contributed by atoms with van der Waals surface area (Å²) in [6.07, 6.45) is -0.479. The largest absolute Gasteiger partial charge is 0.496 e. The van der Waals surface area contributed by atoms with Gasteiger partial charge >= 0.3 is 0 Å². The molecule has 21 heavy (non-hydrogen) atoms. The second kappa shape index (κ2) is 7.13. The van der Waals surface area contributed by atoms with Crippen molar-refractivity contribution in [3.8, 4) is 5.75 Å². The van der Waals surface area contributed by atoms with Crippen LogP contribution in [0.25, 0.3) is 0 Å². The number of carbonyl (C=O) groups is 1. The van der Waals surface area contributed by atoms with E-state index in [1.54, 1.807) is 17.0 Å². The fourth-order valence-corrected chi connectivity index (χ4v) is 2.95. The predicted octanol–water partition coefficient (Wildman–Crippen LogP) is 2.17. The monoisotopic (exact) mass is 425 g/mol. The molecule has 7 heteroatoms. The fraction of sp³-hybridized carbons (Fsp3) is 0.500. The Balaban J connectivity index is 2.29. The second-order valence-electron chi connectivity index (χ2n) is 4.93. The molecule has 1 aromatic rings. The highest BCUT2D eigenvalue weighted by atomic mass is 127. The van der Waals surface area contributed by atoms with Gasteiger partial charge in [0.2, 0.25) is 0 Å². The maximum Gasteiger partial charge on any atom is 0.257 e. The summed E-state index contributed by atoms with van der Waals surface area (Å²) < 4.78 is 11.7. The van der Waals surface area contributed by atoms with E-state index in [1.165, 1.54) is 7.11 Å². The molecule has 1 aromatic carbocycles. The summed E-state index contributed by atoms with van der Waals surface area (Å²) in [7, 11) is 1.52. The van der Waals surface area contributed by atoms with Crippen LogP contribution in [0.1, 0.15) is 17.3 Å². The number of carbonyl (C=O) groups excluding carboxylic acids is 1. The minimum absolute atomic E-state index is 0.112. The smallest absolute Gasteiger partial charge is 0.257 e. The van der Waals surface area contributed by atoms with Crippen LogP contribution in [0.2, 0.25) is 5.02 Å². The first-order chi connectivity index (χ1) is 9.96. The molecule has 1 aliphatic heterocycles. The molecule has 1 heterocycles. The Hall–Kier alpha value is -0.570. The van der Waals surface area contributed by atoms with Crippen LogP contribution in [0.15, 0.2) is 12.1 Å². The number of benzene rings is 1. The average molecular weight is 426 g/mol. The maximum atomic E-state index is 12.7. The van der Waals surface area contributed by atoms with E-state index in [-0.39, 0.29) is 24.7 Å². The number of methoxy groups -OCH3 is 1. The third kappa shape index (κ3) is 3.80. The molecule has 1 N–H and O–H groups in total. The van der Waals surface area contributed by atoms with Gasteiger partial charge in [-0.05, 0) is 41.6 Å². The van der Waals surface area contributed by atoms with Gasteiger partial charge in [0.05, 0.1) is 36.5 Å². The van der Waals surface area contributed by atoms with Crippen molar-refractivity contribution in [1.82, 2.24) is 4.90 Å². The molecular formula is C14H17ClINO4. The minimum Gasteiger partial charge on any atom is -0.496 e. The SMILES string of the molecule is COc1cc(I)c(Cl)cc1C(=O)N1CC(C)OC(CO)C1. The second-order valence-corrected chi connectivity index (χ2v) is 6.50. The van der Waals surface area contributed by atoms with Gasteiger partial charge < -0.3 is 19.5 Å². The number of nitrogens with zero attached hydrogens (tertiary/aromatic N) is 1. The molecule has 2 unspecified atom stereocenters. The van der Waals surface area contributed by atoms with Crippen molar-refractivity contribution in [3.05, 3.63) is 26.3 Å². The Morgan fingerprint density at radius 2 is 2.29 bits per heavy atom. The van der Waals surface area contributed by atoms with E-state index in [1.807, 2.05) is 6.92 Å². The Bertz CT molecular complexity index is 540. The molecule has 1 saturated heterocycles. The molecular weight excluding hydrogens is 409 g/mol. The van der Waals surface area contributed by atoms with Gasteiger partial charge in [-0.2, -0.15) is 0 Å². The molecule has 0 bridgehead atoms. The van der Waals surface area contributed by atoms with Crippen molar-refractivity contribution < 1.29 is 19.4 Å². The molecule has 116 valence electrons. The number of hydrogen-bond donors (Lipinski definition) is 1. The lowest BCUT2D eigenvalue weighted by molar-refractivity contribution is -0.0859. The van der Waals surface area contributed by atoms with Crippen molar-refractivity contribution in [2.45, 2.75) is 19.1 Å².